The monoisotopic (exact) mass is 479 g/mol. The molecule has 172 valence electrons. The van der Waals surface area contributed by atoms with Crippen LogP contribution < -0.4 is 20.7 Å². The number of benzene rings is 1. The molecule has 0 spiro atoms. The maximum absolute atomic E-state index is 13.0. The zero-order valence-corrected chi connectivity index (χ0v) is 19.4. The second kappa shape index (κ2) is 11.8. The van der Waals surface area contributed by atoms with Crippen molar-refractivity contribution in [2.24, 2.45) is 0 Å². The van der Waals surface area contributed by atoms with Gasteiger partial charge in [0.2, 0.25) is 11.8 Å². The lowest BCUT2D eigenvalue weighted by Gasteiger charge is -2.19. The van der Waals surface area contributed by atoms with Gasteiger partial charge in [-0.1, -0.05) is 16.1 Å². The number of nitrogens with zero attached hydrogens (tertiary/aromatic N) is 2. The van der Waals surface area contributed by atoms with Crippen LogP contribution in [0.4, 0.5) is 0 Å². The van der Waals surface area contributed by atoms with Gasteiger partial charge in [0, 0.05) is 18.0 Å². The largest absolute Gasteiger partial charge is 0.493 e. The van der Waals surface area contributed by atoms with Crippen molar-refractivity contribution in [1.29, 1.82) is 0 Å². The van der Waals surface area contributed by atoms with E-state index in [0.717, 1.165) is 29.8 Å². The fourth-order valence-electron chi connectivity index (χ4n) is 3.19. The molecule has 0 aliphatic carbocycles. The molecule has 3 N–H and O–H groups in total. The second-order valence-corrected chi connectivity index (χ2v) is 8.74. The summed E-state index contributed by atoms with van der Waals surface area (Å²) in [6.07, 6.45) is 2.76. The number of aryl methyl sites for hydroxylation is 1. The molecular formula is C21H26ClN5O4S. The first-order valence-corrected chi connectivity index (χ1v) is 11.6. The normalized spacial score (nSPS) is 18.2. The maximum Gasteiger partial charge on any atom is 0.255 e. The van der Waals surface area contributed by atoms with Gasteiger partial charge in [0.05, 0.1) is 29.3 Å². The van der Waals surface area contributed by atoms with Crippen LogP contribution in [-0.4, -0.2) is 46.5 Å². The number of hydrogen-bond acceptors (Lipinski definition) is 7. The average Bonchev–Trinajstić information content (AvgIpc) is 3.18. The van der Waals surface area contributed by atoms with E-state index < -0.39 is 17.9 Å². The molecule has 0 radical (unpaired) electrons. The number of amides is 3. The highest BCUT2D eigenvalue weighted by atomic mass is 35.5. The zero-order chi connectivity index (χ0) is 22.9. The third-order valence-electron chi connectivity index (χ3n) is 5.04. The van der Waals surface area contributed by atoms with Gasteiger partial charge in [0.15, 0.2) is 0 Å². The standard InChI is InChI=1S/C21H26ClN5O4S/c1-13-18(32-27-26-13)12-24-21(30)16-6-8-19(28)23-9-3-2-4-10-31-17-7-5-14(22)11-15(17)20(29)25-16/h5,7,11,16H,2-4,6,8-10,12H2,1H3,(H,23,28)(H,24,30)(H,25,29)/t16-/m0/s1. The number of carbonyl (C=O) groups is 3. The number of halogens is 1. The Balaban J connectivity index is 1.78. The van der Waals surface area contributed by atoms with Crippen LogP contribution in [0.25, 0.3) is 0 Å². The first-order chi connectivity index (χ1) is 15.4. The average molecular weight is 480 g/mol. The van der Waals surface area contributed by atoms with Crippen molar-refractivity contribution in [3.05, 3.63) is 39.4 Å². The number of carbonyl (C=O) groups excluding carboxylic acids is 3. The topological polar surface area (TPSA) is 122 Å². The molecule has 2 aromatic rings. The quantitative estimate of drug-likeness (QED) is 0.621. The zero-order valence-electron chi connectivity index (χ0n) is 17.8. The van der Waals surface area contributed by atoms with Gasteiger partial charge in [-0.25, -0.2) is 0 Å². The molecule has 32 heavy (non-hydrogen) atoms. The summed E-state index contributed by atoms with van der Waals surface area (Å²) in [5.41, 5.74) is 0.985. The van der Waals surface area contributed by atoms with Crippen LogP contribution in [0.1, 0.15) is 53.0 Å². The molecule has 11 heteroatoms. The number of fused-ring (bicyclic) bond motifs is 1. The Hall–Kier alpha value is -2.72. The predicted octanol–water partition coefficient (Wildman–Crippen LogP) is 2.37. The molecule has 1 aliphatic rings. The Bertz CT molecular complexity index is 967. The molecule has 1 aliphatic heterocycles. The lowest BCUT2D eigenvalue weighted by Crippen LogP contribution is -2.47. The minimum Gasteiger partial charge on any atom is -0.493 e. The lowest BCUT2D eigenvalue weighted by molar-refractivity contribution is -0.124. The van der Waals surface area contributed by atoms with Crippen LogP contribution in [0.2, 0.25) is 5.02 Å². The summed E-state index contributed by atoms with van der Waals surface area (Å²) in [4.78, 5) is 38.9. The minimum absolute atomic E-state index is 0.110. The highest BCUT2D eigenvalue weighted by molar-refractivity contribution is 7.05. The number of aromatic nitrogens is 2. The molecule has 1 aromatic carbocycles. The minimum atomic E-state index is -0.911. The summed E-state index contributed by atoms with van der Waals surface area (Å²) in [5, 5.41) is 12.7. The summed E-state index contributed by atoms with van der Waals surface area (Å²) >= 11 is 7.30. The molecule has 2 heterocycles. The van der Waals surface area contributed by atoms with Gasteiger partial charge in [-0.2, -0.15) is 0 Å². The number of ether oxygens (including phenoxy) is 1. The molecule has 9 nitrogen and oxygen atoms in total. The van der Waals surface area contributed by atoms with Crippen molar-refractivity contribution in [2.75, 3.05) is 13.2 Å². The first kappa shape index (κ1) is 23.9. The third-order valence-corrected chi connectivity index (χ3v) is 6.10. The molecule has 1 atom stereocenters. The number of hydrogen-bond donors (Lipinski definition) is 3. The summed E-state index contributed by atoms with van der Waals surface area (Å²) in [7, 11) is 0. The molecule has 0 fully saturated rings. The highest BCUT2D eigenvalue weighted by Gasteiger charge is 2.24. The Labute approximate surface area is 195 Å². The molecule has 3 rings (SSSR count). The summed E-state index contributed by atoms with van der Waals surface area (Å²) in [6, 6.07) is 3.90. The Morgan fingerprint density at radius 3 is 2.94 bits per heavy atom. The van der Waals surface area contributed by atoms with Gasteiger partial charge in [0.1, 0.15) is 11.8 Å². The van der Waals surface area contributed by atoms with Gasteiger partial charge in [-0.05, 0) is 62.3 Å². The summed E-state index contributed by atoms with van der Waals surface area (Å²) in [6.45, 7) is 3.04. The number of nitrogens with one attached hydrogen (secondary N) is 3. The molecule has 0 saturated carbocycles. The molecule has 0 saturated heterocycles. The second-order valence-electron chi connectivity index (χ2n) is 7.46. The van der Waals surface area contributed by atoms with Crippen molar-refractivity contribution in [3.8, 4) is 5.75 Å². The Morgan fingerprint density at radius 2 is 2.16 bits per heavy atom. The van der Waals surface area contributed by atoms with Crippen molar-refractivity contribution < 1.29 is 19.1 Å². The van der Waals surface area contributed by atoms with Crippen molar-refractivity contribution in [3.63, 3.8) is 0 Å². The van der Waals surface area contributed by atoms with E-state index in [1.807, 2.05) is 6.92 Å². The van der Waals surface area contributed by atoms with E-state index >= 15 is 0 Å². The van der Waals surface area contributed by atoms with Crippen molar-refractivity contribution in [1.82, 2.24) is 25.5 Å². The highest BCUT2D eigenvalue weighted by Crippen LogP contribution is 2.24. The van der Waals surface area contributed by atoms with Crippen LogP contribution in [0.3, 0.4) is 0 Å². The summed E-state index contributed by atoms with van der Waals surface area (Å²) < 4.78 is 9.65. The molecular weight excluding hydrogens is 454 g/mol. The van der Waals surface area contributed by atoms with E-state index in [-0.39, 0.29) is 30.9 Å². The number of rotatable bonds is 3. The van der Waals surface area contributed by atoms with Crippen LogP contribution >= 0.6 is 23.1 Å². The van der Waals surface area contributed by atoms with Gasteiger partial charge in [0.25, 0.3) is 5.91 Å². The molecule has 3 amide bonds. The van der Waals surface area contributed by atoms with Gasteiger partial charge in [-0.3, -0.25) is 14.4 Å². The van der Waals surface area contributed by atoms with E-state index in [0.29, 0.717) is 23.9 Å². The van der Waals surface area contributed by atoms with Gasteiger partial charge >= 0.3 is 0 Å². The Morgan fingerprint density at radius 1 is 1.31 bits per heavy atom. The van der Waals surface area contributed by atoms with Crippen LogP contribution in [0.5, 0.6) is 5.75 Å². The smallest absolute Gasteiger partial charge is 0.255 e. The maximum atomic E-state index is 13.0. The molecule has 0 bridgehead atoms. The Kier molecular flexibility index (Phi) is 8.81. The van der Waals surface area contributed by atoms with E-state index in [1.54, 1.807) is 12.1 Å². The van der Waals surface area contributed by atoms with E-state index in [2.05, 4.69) is 25.5 Å². The van der Waals surface area contributed by atoms with Crippen LogP contribution in [-0.2, 0) is 16.1 Å². The first-order valence-electron chi connectivity index (χ1n) is 10.5. The van der Waals surface area contributed by atoms with Crippen LogP contribution in [0.15, 0.2) is 18.2 Å². The fourth-order valence-corrected chi connectivity index (χ4v) is 3.94. The molecule has 1 aromatic heterocycles. The fraction of sp³-hybridized carbons (Fsp3) is 0.476. The lowest BCUT2D eigenvalue weighted by atomic mass is 10.1. The summed E-state index contributed by atoms with van der Waals surface area (Å²) in [5.74, 6) is -0.642. The predicted molar refractivity (Wildman–Crippen MR) is 121 cm³/mol. The van der Waals surface area contributed by atoms with Gasteiger partial charge < -0.3 is 20.7 Å². The van der Waals surface area contributed by atoms with Crippen molar-refractivity contribution >= 4 is 40.9 Å². The van der Waals surface area contributed by atoms with E-state index in [9.17, 15) is 14.4 Å². The van der Waals surface area contributed by atoms with E-state index in [1.165, 1.54) is 17.6 Å². The SMILES string of the molecule is Cc1nnsc1CNC(=O)[C@@H]1CCC(=O)NCCCCCOc2ccc(Cl)cc2C(=O)N1. The van der Waals surface area contributed by atoms with Crippen molar-refractivity contribution in [2.45, 2.75) is 51.6 Å². The van der Waals surface area contributed by atoms with E-state index in [4.69, 9.17) is 16.3 Å². The van der Waals surface area contributed by atoms with Gasteiger partial charge in [-0.15, -0.1) is 5.10 Å². The molecule has 0 unspecified atom stereocenters. The third kappa shape index (κ3) is 6.89. The van der Waals surface area contributed by atoms with Crippen LogP contribution in [0, 0.1) is 6.92 Å².